The third kappa shape index (κ3) is 4.34. The van der Waals surface area contributed by atoms with Crippen LogP contribution in [-0.4, -0.2) is 43.9 Å². The SMILES string of the molecule is CC.COc1cc2c(cc1OC)C1C[C@@H](CO)C(CC(C)C)CN1CC2. The lowest BCUT2D eigenvalue weighted by Gasteiger charge is -2.47. The van der Waals surface area contributed by atoms with Gasteiger partial charge in [0, 0.05) is 25.7 Å². The molecule has 1 aromatic rings. The maximum absolute atomic E-state index is 9.93. The second-order valence-electron chi connectivity index (χ2n) is 7.73. The molecular formula is C22H37NO3. The Bertz CT molecular complexity index is 573. The number of aliphatic hydroxyl groups is 1. The quantitative estimate of drug-likeness (QED) is 0.847. The fourth-order valence-electron chi connectivity index (χ4n) is 4.60. The summed E-state index contributed by atoms with van der Waals surface area (Å²) < 4.78 is 11.0. The average Bonchev–Trinajstić information content (AvgIpc) is 2.67. The van der Waals surface area contributed by atoms with Crippen LogP contribution in [0.3, 0.4) is 0 Å². The van der Waals surface area contributed by atoms with Gasteiger partial charge in [0.15, 0.2) is 11.5 Å². The van der Waals surface area contributed by atoms with Gasteiger partial charge in [0.1, 0.15) is 0 Å². The van der Waals surface area contributed by atoms with E-state index in [1.165, 1.54) is 17.5 Å². The maximum atomic E-state index is 9.93. The number of nitrogens with zero attached hydrogens (tertiary/aromatic N) is 1. The van der Waals surface area contributed by atoms with Crippen LogP contribution in [0, 0.1) is 17.8 Å². The molecule has 2 unspecified atom stereocenters. The Balaban J connectivity index is 0.00000117. The van der Waals surface area contributed by atoms with Crippen LogP contribution in [0.15, 0.2) is 12.1 Å². The number of hydrogen-bond acceptors (Lipinski definition) is 4. The highest BCUT2D eigenvalue weighted by atomic mass is 16.5. The molecule has 1 saturated heterocycles. The van der Waals surface area contributed by atoms with Gasteiger partial charge >= 0.3 is 0 Å². The van der Waals surface area contributed by atoms with Gasteiger partial charge in [-0.05, 0) is 60.3 Å². The zero-order chi connectivity index (χ0) is 19.3. The summed E-state index contributed by atoms with van der Waals surface area (Å²) in [4.78, 5) is 2.62. The van der Waals surface area contributed by atoms with E-state index in [4.69, 9.17) is 9.47 Å². The van der Waals surface area contributed by atoms with Crippen molar-refractivity contribution in [3.8, 4) is 11.5 Å². The largest absolute Gasteiger partial charge is 0.493 e. The van der Waals surface area contributed by atoms with Crippen LogP contribution in [0.1, 0.15) is 57.7 Å². The van der Waals surface area contributed by atoms with Crippen LogP contribution in [0.5, 0.6) is 11.5 Å². The van der Waals surface area contributed by atoms with Crippen molar-refractivity contribution in [3.63, 3.8) is 0 Å². The van der Waals surface area contributed by atoms with Crippen molar-refractivity contribution in [1.82, 2.24) is 4.90 Å². The molecule has 3 atom stereocenters. The number of methoxy groups -OCH3 is 2. The van der Waals surface area contributed by atoms with Crippen LogP contribution in [0.4, 0.5) is 0 Å². The molecule has 1 fully saturated rings. The molecule has 26 heavy (non-hydrogen) atoms. The van der Waals surface area contributed by atoms with Crippen LogP contribution < -0.4 is 9.47 Å². The normalized spacial score (nSPS) is 25.0. The summed E-state index contributed by atoms with van der Waals surface area (Å²) in [5.41, 5.74) is 2.73. The number of rotatable bonds is 5. The van der Waals surface area contributed by atoms with E-state index in [1.54, 1.807) is 14.2 Å². The van der Waals surface area contributed by atoms with Crippen molar-refractivity contribution in [2.24, 2.45) is 17.8 Å². The van der Waals surface area contributed by atoms with Gasteiger partial charge < -0.3 is 14.6 Å². The molecule has 0 bridgehead atoms. The Morgan fingerprint density at radius 3 is 2.35 bits per heavy atom. The van der Waals surface area contributed by atoms with Gasteiger partial charge in [0.2, 0.25) is 0 Å². The minimum atomic E-state index is 0.296. The van der Waals surface area contributed by atoms with Gasteiger partial charge in [-0.1, -0.05) is 27.7 Å². The van der Waals surface area contributed by atoms with Crippen LogP contribution >= 0.6 is 0 Å². The second kappa shape index (κ2) is 9.61. The highest BCUT2D eigenvalue weighted by Gasteiger charge is 2.39. The molecule has 2 aliphatic heterocycles. The van der Waals surface area contributed by atoms with Crippen LogP contribution in [0.2, 0.25) is 0 Å². The molecule has 4 heteroatoms. The lowest BCUT2D eigenvalue weighted by atomic mass is 9.74. The molecule has 0 aromatic heterocycles. The second-order valence-corrected chi connectivity index (χ2v) is 7.73. The molecule has 1 N–H and O–H groups in total. The van der Waals surface area contributed by atoms with Crippen LogP contribution in [0.25, 0.3) is 0 Å². The van der Waals surface area contributed by atoms with Gasteiger partial charge in [-0.25, -0.2) is 0 Å². The first-order valence-corrected chi connectivity index (χ1v) is 10.2. The Morgan fingerprint density at radius 1 is 1.12 bits per heavy atom. The molecule has 1 aromatic carbocycles. The zero-order valence-corrected chi connectivity index (χ0v) is 17.4. The molecule has 3 rings (SSSR count). The first-order valence-electron chi connectivity index (χ1n) is 10.2. The molecule has 0 saturated carbocycles. The minimum absolute atomic E-state index is 0.296. The smallest absolute Gasteiger partial charge is 0.161 e. The van der Waals surface area contributed by atoms with E-state index >= 15 is 0 Å². The third-order valence-electron chi connectivity index (χ3n) is 5.78. The lowest BCUT2D eigenvalue weighted by molar-refractivity contribution is 0.0187. The summed E-state index contributed by atoms with van der Waals surface area (Å²) in [6.07, 6.45) is 3.30. The number of piperidine rings is 1. The van der Waals surface area contributed by atoms with E-state index < -0.39 is 0 Å². The molecule has 0 radical (unpaired) electrons. The first kappa shape index (κ1) is 21.0. The summed E-state index contributed by atoms with van der Waals surface area (Å²) in [6, 6.07) is 4.69. The van der Waals surface area contributed by atoms with Crippen LogP contribution in [-0.2, 0) is 6.42 Å². The molecule has 0 spiro atoms. The molecular weight excluding hydrogens is 326 g/mol. The predicted octanol–water partition coefficient (Wildman–Crippen LogP) is 4.30. The van der Waals surface area contributed by atoms with Crippen molar-refractivity contribution in [2.45, 2.75) is 53.0 Å². The maximum Gasteiger partial charge on any atom is 0.161 e. The van der Waals surface area contributed by atoms with Crippen molar-refractivity contribution in [1.29, 1.82) is 0 Å². The molecule has 0 amide bonds. The number of aliphatic hydroxyl groups excluding tert-OH is 1. The van der Waals surface area contributed by atoms with Crippen molar-refractivity contribution < 1.29 is 14.6 Å². The fourth-order valence-corrected chi connectivity index (χ4v) is 4.60. The molecule has 4 nitrogen and oxygen atoms in total. The third-order valence-corrected chi connectivity index (χ3v) is 5.78. The Morgan fingerprint density at radius 2 is 1.77 bits per heavy atom. The molecule has 2 aliphatic rings. The topological polar surface area (TPSA) is 41.9 Å². The van der Waals surface area contributed by atoms with Gasteiger partial charge in [-0.3, -0.25) is 4.90 Å². The van der Waals surface area contributed by atoms with E-state index in [2.05, 4.69) is 30.9 Å². The minimum Gasteiger partial charge on any atom is -0.493 e. The first-order chi connectivity index (χ1) is 12.6. The van der Waals surface area contributed by atoms with E-state index in [9.17, 15) is 5.11 Å². The highest BCUT2D eigenvalue weighted by Crippen LogP contribution is 2.45. The Kier molecular flexibility index (Phi) is 7.78. The average molecular weight is 364 g/mol. The summed E-state index contributed by atoms with van der Waals surface area (Å²) in [6.45, 7) is 11.1. The van der Waals surface area contributed by atoms with E-state index in [0.717, 1.165) is 37.4 Å². The summed E-state index contributed by atoms with van der Waals surface area (Å²) >= 11 is 0. The number of fused-ring (bicyclic) bond motifs is 3. The Labute approximate surface area is 159 Å². The fraction of sp³-hybridized carbons (Fsp3) is 0.727. The van der Waals surface area contributed by atoms with Gasteiger partial charge in [0.25, 0.3) is 0 Å². The molecule has 148 valence electrons. The Hall–Kier alpha value is -1.26. The molecule has 0 aliphatic carbocycles. The van der Waals surface area contributed by atoms with Gasteiger partial charge in [-0.2, -0.15) is 0 Å². The van der Waals surface area contributed by atoms with Crippen molar-refractivity contribution in [3.05, 3.63) is 23.3 Å². The monoisotopic (exact) mass is 363 g/mol. The molecule has 2 heterocycles. The zero-order valence-electron chi connectivity index (χ0n) is 17.4. The van der Waals surface area contributed by atoms with Gasteiger partial charge in [-0.15, -0.1) is 0 Å². The number of hydrogen-bond donors (Lipinski definition) is 1. The van der Waals surface area contributed by atoms with E-state index in [1.807, 2.05) is 13.8 Å². The summed E-state index contributed by atoms with van der Waals surface area (Å²) in [5.74, 6) is 3.31. The number of ether oxygens (including phenoxy) is 2. The van der Waals surface area contributed by atoms with E-state index in [-0.39, 0.29) is 0 Å². The van der Waals surface area contributed by atoms with E-state index in [0.29, 0.717) is 30.4 Å². The standard InChI is InChI=1S/C20H31NO3.C2H6/c1-13(2)7-15-11-21-6-5-14-9-19(23-3)20(24-4)10-17(14)18(21)8-16(15)12-22;1-2/h9-10,13,15-16,18,22H,5-8,11-12H2,1-4H3;1-2H3/t15?,16-,18?;/m0./s1. The summed E-state index contributed by atoms with van der Waals surface area (Å²) in [7, 11) is 3.39. The lowest BCUT2D eigenvalue weighted by Crippen LogP contribution is -2.47. The predicted molar refractivity (Wildman–Crippen MR) is 107 cm³/mol. The number of benzene rings is 1. The summed E-state index contributed by atoms with van der Waals surface area (Å²) in [5, 5.41) is 9.93. The van der Waals surface area contributed by atoms with Crippen molar-refractivity contribution >= 4 is 0 Å². The highest BCUT2D eigenvalue weighted by molar-refractivity contribution is 5.49. The van der Waals surface area contributed by atoms with Crippen molar-refractivity contribution in [2.75, 3.05) is 33.9 Å². The van der Waals surface area contributed by atoms with Gasteiger partial charge in [0.05, 0.1) is 14.2 Å².